The molecule has 4 amide bonds. The lowest BCUT2D eigenvalue weighted by Gasteiger charge is -2.27. The molecule has 1 aliphatic rings. The average Bonchev–Trinajstić information content (AvgIpc) is 2.28. The molecule has 0 heterocycles. The summed E-state index contributed by atoms with van der Waals surface area (Å²) in [6.45, 7) is 4.95. The van der Waals surface area contributed by atoms with E-state index in [4.69, 9.17) is 5.73 Å². The van der Waals surface area contributed by atoms with Gasteiger partial charge in [0.1, 0.15) is 0 Å². The lowest BCUT2D eigenvalue weighted by molar-refractivity contribution is 0.190. The number of amides is 4. The van der Waals surface area contributed by atoms with Crippen LogP contribution in [-0.2, 0) is 0 Å². The minimum atomic E-state index is -0.692. The first-order valence-corrected chi connectivity index (χ1v) is 6.39. The molecule has 0 atom stereocenters. The van der Waals surface area contributed by atoms with E-state index in [1.807, 2.05) is 0 Å². The van der Waals surface area contributed by atoms with Crippen molar-refractivity contribution in [3.05, 3.63) is 0 Å². The number of hydrogen-bond donors (Lipinski definition) is 2. The highest BCUT2D eigenvalue weighted by atomic mass is 16.2. The molecule has 0 aliphatic heterocycles. The van der Waals surface area contributed by atoms with Crippen LogP contribution in [0.4, 0.5) is 9.59 Å². The third-order valence-corrected chi connectivity index (χ3v) is 3.50. The molecule has 0 spiro atoms. The Hall–Kier alpha value is -1.26. The largest absolute Gasteiger partial charge is 0.351 e. The fraction of sp³-hybridized carbons (Fsp3) is 0.833. The minimum absolute atomic E-state index is 0.308. The van der Waals surface area contributed by atoms with Gasteiger partial charge in [0, 0.05) is 13.1 Å². The van der Waals surface area contributed by atoms with Crippen molar-refractivity contribution in [2.75, 3.05) is 13.1 Å². The normalized spacial score (nSPS) is 24.1. The highest BCUT2D eigenvalue weighted by Gasteiger charge is 2.21. The van der Waals surface area contributed by atoms with Gasteiger partial charge in [0.05, 0.1) is 0 Å². The lowest BCUT2D eigenvalue weighted by atomic mass is 9.83. The average molecular weight is 241 g/mol. The number of imide groups is 1. The van der Waals surface area contributed by atoms with Crippen LogP contribution in [0.25, 0.3) is 0 Å². The summed E-state index contributed by atoms with van der Waals surface area (Å²) in [7, 11) is 0. The Kier molecular flexibility index (Phi) is 5.25. The van der Waals surface area contributed by atoms with Crippen molar-refractivity contribution < 1.29 is 9.59 Å². The number of nitrogens with zero attached hydrogens (tertiary/aromatic N) is 1. The Morgan fingerprint density at radius 1 is 1.29 bits per heavy atom. The number of carbonyl (C=O) groups excluding carboxylic acids is 2. The summed E-state index contributed by atoms with van der Waals surface area (Å²) in [5.74, 6) is 1.35. The topological polar surface area (TPSA) is 75.4 Å². The molecule has 1 aliphatic carbocycles. The second kappa shape index (κ2) is 6.47. The van der Waals surface area contributed by atoms with Gasteiger partial charge in [-0.05, 0) is 31.6 Å². The van der Waals surface area contributed by atoms with E-state index >= 15 is 0 Å². The van der Waals surface area contributed by atoms with E-state index in [0.717, 1.165) is 23.7 Å². The number of hydrogen-bond acceptors (Lipinski definition) is 2. The van der Waals surface area contributed by atoms with Crippen molar-refractivity contribution in [3.8, 4) is 0 Å². The zero-order chi connectivity index (χ0) is 12.8. The second-order valence-corrected chi connectivity index (χ2v) is 4.89. The van der Waals surface area contributed by atoms with Crippen LogP contribution in [0.3, 0.4) is 0 Å². The van der Waals surface area contributed by atoms with E-state index in [2.05, 4.69) is 12.2 Å². The molecule has 0 radical (unpaired) electrons. The molecule has 5 nitrogen and oxygen atoms in total. The fourth-order valence-electron chi connectivity index (χ4n) is 2.26. The van der Waals surface area contributed by atoms with Crippen LogP contribution in [0.2, 0.25) is 0 Å². The van der Waals surface area contributed by atoms with Crippen molar-refractivity contribution in [1.29, 1.82) is 0 Å². The number of urea groups is 2. The summed E-state index contributed by atoms with van der Waals surface area (Å²) in [6.07, 6.45) is 4.77. The van der Waals surface area contributed by atoms with E-state index in [9.17, 15) is 9.59 Å². The van der Waals surface area contributed by atoms with Gasteiger partial charge in [0.15, 0.2) is 0 Å². The maximum absolute atomic E-state index is 11.6. The minimum Gasteiger partial charge on any atom is -0.351 e. The molecule has 5 heteroatoms. The molecule has 0 aromatic heterocycles. The monoisotopic (exact) mass is 241 g/mol. The molecule has 1 rings (SSSR count). The van der Waals surface area contributed by atoms with Gasteiger partial charge in [0.25, 0.3) is 0 Å². The van der Waals surface area contributed by atoms with Crippen molar-refractivity contribution in [1.82, 2.24) is 10.2 Å². The van der Waals surface area contributed by atoms with E-state index in [1.165, 1.54) is 12.8 Å². The first kappa shape index (κ1) is 13.8. The Balaban J connectivity index is 2.30. The summed E-state index contributed by atoms with van der Waals surface area (Å²) in [4.78, 5) is 23.6. The molecule has 98 valence electrons. The number of nitrogens with two attached hydrogens (primary N) is 1. The predicted octanol–water partition coefficient (Wildman–Crippen LogP) is 1.92. The Labute approximate surface area is 103 Å². The van der Waals surface area contributed by atoms with Gasteiger partial charge in [-0.2, -0.15) is 0 Å². The van der Waals surface area contributed by atoms with Gasteiger partial charge in [-0.3, -0.25) is 0 Å². The van der Waals surface area contributed by atoms with E-state index in [1.54, 1.807) is 6.92 Å². The van der Waals surface area contributed by atoms with Gasteiger partial charge in [-0.15, -0.1) is 0 Å². The lowest BCUT2D eigenvalue weighted by Crippen LogP contribution is -2.47. The maximum Gasteiger partial charge on any atom is 0.325 e. The molecule has 3 N–H and O–H groups in total. The number of carbonyl (C=O) groups is 2. The van der Waals surface area contributed by atoms with E-state index in [0.29, 0.717) is 19.0 Å². The van der Waals surface area contributed by atoms with Crippen molar-refractivity contribution in [2.45, 2.75) is 39.5 Å². The molecular weight excluding hydrogens is 218 g/mol. The van der Waals surface area contributed by atoms with Crippen LogP contribution in [0.1, 0.15) is 39.5 Å². The van der Waals surface area contributed by atoms with Crippen LogP contribution in [0.15, 0.2) is 0 Å². The quantitative estimate of drug-likeness (QED) is 0.792. The van der Waals surface area contributed by atoms with Gasteiger partial charge in [-0.25, -0.2) is 14.5 Å². The summed E-state index contributed by atoms with van der Waals surface area (Å²) < 4.78 is 0. The second-order valence-electron chi connectivity index (χ2n) is 4.89. The number of nitrogens with one attached hydrogen (secondary N) is 1. The predicted molar refractivity (Wildman–Crippen MR) is 66.5 cm³/mol. The van der Waals surface area contributed by atoms with Crippen molar-refractivity contribution in [2.24, 2.45) is 17.6 Å². The molecule has 17 heavy (non-hydrogen) atoms. The zero-order valence-electron chi connectivity index (χ0n) is 10.7. The summed E-state index contributed by atoms with van der Waals surface area (Å²) in [5.41, 5.74) is 5.10. The molecule has 0 unspecified atom stereocenters. The molecule has 0 saturated heterocycles. The summed E-state index contributed by atoms with van der Waals surface area (Å²) in [5, 5.41) is 2.79. The molecule has 0 aromatic carbocycles. The Morgan fingerprint density at radius 2 is 1.88 bits per heavy atom. The van der Waals surface area contributed by atoms with Gasteiger partial charge in [0.2, 0.25) is 0 Å². The molecule has 0 aromatic rings. The van der Waals surface area contributed by atoms with Crippen LogP contribution < -0.4 is 11.1 Å². The SMILES string of the molecule is CCN(C(N)=O)C(=O)NC[C@H]1CC[C@H](C)CC1. The smallest absolute Gasteiger partial charge is 0.325 e. The van der Waals surface area contributed by atoms with Crippen molar-refractivity contribution >= 4 is 12.1 Å². The van der Waals surface area contributed by atoms with E-state index in [-0.39, 0.29) is 6.03 Å². The third-order valence-electron chi connectivity index (χ3n) is 3.50. The standard InChI is InChI=1S/C12H23N3O2/c1-3-15(11(13)16)12(17)14-8-10-6-4-9(2)5-7-10/h9-10H,3-8H2,1-2H3,(H2,13,16)(H,14,17)/t9-,10-. The first-order valence-electron chi connectivity index (χ1n) is 6.39. The highest BCUT2D eigenvalue weighted by molar-refractivity contribution is 5.92. The number of rotatable bonds is 3. The third kappa shape index (κ3) is 4.24. The van der Waals surface area contributed by atoms with Gasteiger partial charge in [-0.1, -0.05) is 19.8 Å². The van der Waals surface area contributed by atoms with Gasteiger partial charge < -0.3 is 11.1 Å². The van der Waals surface area contributed by atoms with E-state index < -0.39 is 6.03 Å². The van der Waals surface area contributed by atoms with Crippen LogP contribution in [-0.4, -0.2) is 30.1 Å². The maximum atomic E-state index is 11.6. The number of primary amides is 1. The zero-order valence-corrected chi connectivity index (χ0v) is 10.7. The summed E-state index contributed by atoms with van der Waals surface area (Å²) >= 11 is 0. The molecular formula is C12H23N3O2. The summed E-state index contributed by atoms with van der Waals surface area (Å²) in [6, 6.07) is -1.07. The molecule has 0 bridgehead atoms. The van der Waals surface area contributed by atoms with Crippen molar-refractivity contribution in [3.63, 3.8) is 0 Å². The fourth-order valence-corrected chi connectivity index (χ4v) is 2.26. The Bertz CT molecular complexity index is 273. The van der Waals surface area contributed by atoms with Crippen LogP contribution in [0.5, 0.6) is 0 Å². The molecule has 1 fully saturated rings. The first-order chi connectivity index (χ1) is 8.04. The Morgan fingerprint density at radius 3 is 2.35 bits per heavy atom. The van der Waals surface area contributed by atoms with Gasteiger partial charge >= 0.3 is 12.1 Å². The highest BCUT2D eigenvalue weighted by Crippen LogP contribution is 2.27. The van der Waals surface area contributed by atoms with Crippen LogP contribution >= 0.6 is 0 Å². The molecule has 1 saturated carbocycles. The van der Waals surface area contributed by atoms with Crippen LogP contribution in [0, 0.1) is 11.8 Å².